The van der Waals surface area contributed by atoms with E-state index < -0.39 is 11.2 Å². The van der Waals surface area contributed by atoms with E-state index in [9.17, 15) is 9.59 Å². The zero-order valence-electron chi connectivity index (χ0n) is 16.1. The van der Waals surface area contributed by atoms with Gasteiger partial charge in [-0.25, -0.2) is 14.8 Å². The van der Waals surface area contributed by atoms with Crippen LogP contribution >= 0.6 is 11.9 Å². The first kappa shape index (κ1) is 19.2. The highest BCUT2D eigenvalue weighted by atomic mass is 32.2. The smallest absolute Gasteiger partial charge is 0.330 e. The fourth-order valence-electron chi connectivity index (χ4n) is 3.09. The summed E-state index contributed by atoms with van der Waals surface area (Å²) in [5.74, 6) is 0. The second-order valence-electron chi connectivity index (χ2n) is 6.67. The van der Waals surface area contributed by atoms with Gasteiger partial charge in [0.1, 0.15) is 5.03 Å². The molecule has 0 aliphatic heterocycles. The predicted molar refractivity (Wildman–Crippen MR) is 112 cm³/mol. The molecule has 1 aromatic carbocycles. The molecular weight excluding hydrogens is 390 g/mol. The lowest BCUT2D eigenvalue weighted by molar-refractivity contribution is 0.742. The number of nitrogens with one attached hydrogen (secondary N) is 2. The van der Waals surface area contributed by atoms with Crippen LogP contribution in [0.5, 0.6) is 0 Å². The van der Waals surface area contributed by atoms with E-state index in [0.29, 0.717) is 30.8 Å². The molecule has 0 fully saturated rings. The van der Waals surface area contributed by atoms with Crippen LogP contribution in [0.15, 0.2) is 57.7 Å². The second-order valence-corrected chi connectivity index (χ2v) is 7.58. The van der Waals surface area contributed by atoms with Gasteiger partial charge in [-0.1, -0.05) is 24.3 Å². The molecule has 3 heterocycles. The van der Waals surface area contributed by atoms with Crippen LogP contribution in [0.4, 0.5) is 0 Å². The van der Waals surface area contributed by atoms with Crippen molar-refractivity contribution < 1.29 is 0 Å². The van der Waals surface area contributed by atoms with E-state index in [2.05, 4.69) is 19.7 Å². The molecule has 0 unspecified atom stereocenters. The van der Waals surface area contributed by atoms with Crippen LogP contribution in [0.2, 0.25) is 0 Å². The SMILES string of the molecule is CCn1cnc2c1c(=O)[nH]c(=O)n2Cc1ccc(CNSc2cn(C)cn2)cc1. The number of aryl methyl sites for hydroxylation is 2. The van der Waals surface area contributed by atoms with Crippen molar-refractivity contribution >= 4 is 23.1 Å². The Bertz CT molecular complexity index is 1250. The number of benzene rings is 1. The van der Waals surface area contributed by atoms with E-state index in [-0.39, 0.29) is 0 Å². The quantitative estimate of drug-likeness (QED) is 0.447. The highest BCUT2D eigenvalue weighted by molar-refractivity contribution is 7.97. The molecule has 0 saturated carbocycles. The summed E-state index contributed by atoms with van der Waals surface area (Å²) in [7, 11) is 1.93. The van der Waals surface area contributed by atoms with Gasteiger partial charge in [-0.2, -0.15) is 0 Å². The lowest BCUT2D eigenvalue weighted by Crippen LogP contribution is -2.31. The third-order valence-corrected chi connectivity index (χ3v) is 5.30. The summed E-state index contributed by atoms with van der Waals surface area (Å²) in [6, 6.07) is 7.98. The Morgan fingerprint density at radius 2 is 1.86 bits per heavy atom. The molecule has 0 atom stereocenters. The van der Waals surface area contributed by atoms with Crippen LogP contribution in [-0.2, 0) is 26.7 Å². The minimum Gasteiger partial charge on any atom is -0.339 e. The van der Waals surface area contributed by atoms with E-state index in [1.807, 2.05) is 49.0 Å². The van der Waals surface area contributed by atoms with Crippen molar-refractivity contribution in [3.05, 3.63) is 75.1 Å². The molecule has 29 heavy (non-hydrogen) atoms. The van der Waals surface area contributed by atoms with Crippen LogP contribution in [0, 0.1) is 0 Å². The van der Waals surface area contributed by atoms with Gasteiger partial charge in [0, 0.05) is 26.3 Å². The van der Waals surface area contributed by atoms with Gasteiger partial charge in [-0.05, 0) is 30.0 Å². The highest BCUT2D eigenvalue weighted by Gasteiger charge is 2.13. The van der Waals surface area contributed by atoms with Crippen molar-refractivity contribution in [3.8, 4) is 0 Å². The Hall–Kier alpha value is -3.11. The zero-order valence-corrected chi connectivity index (χ0v) is 16.9. The molecule has 4 aromatic rings. The van der Waals surface area contributed by atoms with Gasteiger partial charge in [-0.15, -0.1) is 0 Å². The van der Waals surface area contributed by atoms with Crippen molar-refractivity contribution in [2.75, 3.05) is 0 Å². The summed E-state index contributed by atoms with van der Waals surface area (Å²) in [6.07, 6.45) is 5.30. The molecule has 0 spiro atoms. The fourth-order valence-corrected chi connectivity index (χ4v) is 3.79. The summed E-state index contributed by atoms with van der Waals surface area (Å²) in [5.41, 5.74) is 2.02. The monoisotopic (exact) mass is 411 g/mol. The van der Waals surface area contributed by atoms with Crippen LogP contribution in [0.1, 0.15) is 18.1 Å². The van der Waals surface area contributed by atoms with Gasteiger partial charge in [0.25, 0.3) is 5.56 Å². The number of hydrogen-bond donors (Lipinski definition) is 2. The van der Waals surface area contributed by atoms with Crippen LogP contribution < -0.4 is 16.0 Å². The van der Waals surface area contributed by atoms with E-state index in [1.165, 1.54) is 16.5 Å². The van der Waals surface area contributed by atoms with Gasteiger partial charge in [0.15, 0.2) is 11.2 Å². The van der Waals surface area contributed by atoms with Crippen molar-refractivity contribution in [2.24, 2.45) is 7.05 Å². The number of hydrogen-bond acceptors (Lipinski definition) is 6. The lowest BCUT2D eigenvalue weighted by Gasteiger charge is -2.08. The van der Waals surface area contributed by atoms with Crippen LogP contribution in [-0.4, -0.2) is 28.7 Å². The molecule has 0 aliphatic carbocycles. The van der Waals surface area contributed by atoms with Crippen molar-refractivity contribution in [2.45, 2.75) is 31.6 Å². The maximum atomic E-state index is 12.3. The average molecular weight is 411 g/mol. The topological polar surface area (TPSA) is 103 Å². The van der Waals surface area contributed by atoms with Gasteiger partial charge >= 0.3 is 5.69 Å². The minimum atomic E-state index is -0.457. The molecule has 9 nitrogen and oxygen atoms in total. The number of imidazole rings is 2. The molecule has 10 heteroatoms. The minimum absolute atomic E-state index is 0.337. The number of nitrogens with zero attached hydrogens (tertiary/aromatic N) is 5. The van der Waals surface area contributed by atoms with Gasteiger partial charge in [0.05, 0.1) is 19.2 Å². The number of rotatable bonds is 7. The molecule has 0 aliphatic rings. The Morgan fingerprint density at radius 3 is 2.55 bits per heavy atom. The summed E-state index contributed by atoms with van der Waals surface area (Å²) in [4.78, 5) is 35.4. The highest BCUT2D eigenvalue weighted by Crippen LogP contribution is 2.13. The number of aromatic nitrogens is 6. The molecule has 3 aromatic heterocycles. The number of fused-ring (bicyclic) bond motifs is 1. The first-order chi connectivity index (χ1) is 14.0. The van der Waals surface area contributed by atoms with E-state index in [1.54, 1.807) is 17.2 Å². The molecule has 0 radical (unpaired) electrons. The normalized spacial score (nSPS) is 11.4. The maximum absolute atomic E-state index is 12.3. The van der Waals surface area contributed by atoms with Gasteiger partial charge in [0.2, 0.25) is 0 Å². The summed E-state index contributed by atoms with van der Waals surface area (Å²) in [5, 5.41) is 0.914. The Kier molecular flexibility index (Phi) is 5.36. The lowest BCUT2D eigenvalue weighted by atomic mass is 10.1. The van der Waals surface area contributed by atoms with E-state index in [0.717, 1.165) is 16.2 Å². The van der Waals surface area contributed by atoms with Crippen molar-refractivity contribution in [1.82, 2.24) is 33.4 Å². The molecule has 150 valence electrons. The number of aromatic amines is 1. The third kappa shape index (κ3) is 4.03. The van der Waals surface area contributed by atoms with Crippen molar-refractivity contribution in [1.29, 1.82) is 0 Å². The molecule has 4 rings (SSSR count). The van der Waals surface area contributed by atoms with Gasteiger partial charge < -0.3 is 9.13 Å². The summed E-state index contributed by atoms with van der Waals surface area (Å²) in [6.45, 7) is 3.55. The predicted octanol–water partition coefficient (Wildman–Crippen LogP) is 1.48. The molecular formula is C19H21N7O2S. The maximum Gasteiger partial charge on any atom is 0.330 e. The van der Waals surface area contributed by atoms with Crippen LogP contribution in [0.3, 0.4) is 0 Å². The number of H-pyrrole nitrogens is 1. The van der Waals surface area contributed by atoms with E-state index >= 15 is 0 Å². The standard InChI is InChI=1S/C19H21N7O2S/c1-3-25-12-21-17-16(25)18(27)23-19(28)26(17)9-14-6-4-13(5-7-14)8-22-29-15-10-24(2)11-20-15/h4-7,10-12,22H,3,8-9H2,1-2H3,(H,23,27,28). The Morgan fingerprint density at radius 1 is 1.10 bits per heavy atom. The molecule has 0 saturated heterocycles. The first-order valence-corrected chi connectivity index (χ1v) is 10.00. The molecule has 2 N–H and O–H groups in total. The Balaban J connectivity index is 1.48. The Labute approximate surface area is 170 Å². The first-order valence-electron chi connectivity index (χ1n) is 9.18. The largest absolute Gasteiger partial charge is 0.339 e. The third-order valence-electron chi connectivity index (χ3n) is 4.59. The second kappa shape index (κ2) is 8.10. The van der Waals surface area contributed by atoms with E-state index in [4.69, 9.17) is 0 Å². The average Bonchev–Trinajstić information content (AvgIpc) is 3.32. The van der Waals surface area contributed by atoms with Crippen LogP contribution in [0.25, 0.3) is 11.2 Å². The molecule has 0 bridgehead atoms. The molecule has 0 amide bonds. The summed E-state index contributed by atoms with van der Waals surface area (Å²) < 4.78 is 8.41. The fraction of sp³-hybridized carbons (Fsp3) is 0.263. The van der Waals surface area contributed by atoms with Crippen molar-refractivity contribution in [3.63, 3.8) is 0 Å². The zero-order chi connectivity index (χ0) is 20.4. The van der Waals surface area contributed by atoms with Gasteiger partial charge in [-0.3, -0.25) is 19.1 Å². The summed E-state index contributed by atoms with van der Waals surface area (Å²) >= 11 is 1.48.